The number of ether oxygens (including phenoxy) is 2. The summed E-state index contributed by atoms with van der Waals surface area (Å²) in [6, 6.07) is 7.63. The van der Waals surface area contributed by atoms with Crippen molar-refractivity contribution in [3.63, 3.8) is 0 Å². The Morgan fingerprint density at radius 2 is 1.75 bits per heavy atom. The highest BCUT2D eigenvalue weighted by molar-refractivity contribution is 5.41. The van der Waals surface area contributed by atoms with Crippen molar-refractivity contribution in [1.29, 1.82) is 5.26 Å². The zero-order valence-electron chi connectivity index (χ0n) is 11.9. The van der Waals surface area contributed by atoms with Gasteiger partial charge >= 0.3 is 0 Å². The number of methoxy groups -OCH3 is 2. The first-order valence-corrected chi connectivity index (χ1v) is 6.66. The molecule has 0 spiro atoms. The Morgan fingerprint density at radius 3 is 2.20 bits per heavy atom. The van der Waals surface area contributed by atoms with E-state index in [4.69, 9.17) is 14.7 Å². The maximum Gasteiger partial charge on any atom is 0.122 e. The molecule has 0 saturated carbocycles. The van der Waals surface area contributed by atoms with Gasteiger partial charge in [-0.25, -0.2) is 0 Å². The van der Waals surface area contributed by atoms with Gasteiger partial charge in [-0.15, -0.1) is 0 Å². The fourth-order valence-corrected chi connectivity index (χ4v) is 2.55. The van der Waals surface area contributed by atoms with E-state index in [1.165, 1.54) is 0 Å². The largest absolute Gasteiger partial charge is 0.497 e. The van der Waals surface area contributed by atoms with Crippen molar-refractivity contribution < 1.29 is 14.6 Å². The van der Waals surface area contributed by atoms with Crippen LogP contribution < -0.4 is 9.47 Å². The van der Waals surface area contributed by atoms with Crippen molar-refractivity contribution in [1.82, 2.24) is 4.90 Å². The van der Waals surface area contributed by atoms with Crippen LogP contribution in [0.4, 0.5) is 0 Å². The zero-order chi connectivity index (χ0) is 14.6. The third-order valence-corrected chi connectivity index (χ3v) is 3.87. The first kappa shape index (κ1) is 14.6. The third kappa shape index (κ3) is 3.03. The molecule has 0 amide bonds. The van der Waals surface area contributed by atoms with Gasteiger partial charge in [0.1, 0.15) is 11.5 Å². The van der Waals surface area contributed by atoms with Gasteiger partial charge in [-0.1, -0.05) is 0 Å². The maximum absolute atomic E-state index is 10.8. The van der Waals surface area contributed by atoms with Gasteiger partial charge in [0.15, 0.2) is 0 Å². The van der Waals surface area contributed by atoms with Crippen molar-refractivity contribution >= 4 is 0 Å². The summed E-state index contributed by atoms with van der Waals surface area (Å²) in [5.74, 6) is 1.35. The molecule has 5 heteroatoms. The summed E-state index contributed by atoms with van der Waals surface area (Å²) < 4.78 is 10.5. The van der Waals surface area contributed by atoms with E-state index < -0.39 is 5.60 Å². The van der Waals surface area contributed by atoms with Crippen molar-refractivity contribution in [2.75, 3.05) is 33.9 Å². The van der Waals surface area contributed by atoms with E-state index in [9.17, 15) is 5.11 Å². The van der Waals surface area contributed by atoms with E-state index in [1.807, 2.05) is 17.0 Å². The fourth-order valence-electron chi connectivity index (χ4n) is 2.55. The Bertz CT molecular complexity index is 480. The minimum atomic E-state index is -0.881. The predicted octanol–water partition coefficient (Wildman–Crippen LogP) is 1.51. The van der Waals surface area contributed by atoms with Gasteiger partial charge in [0.05, 0.1) is 32.4 Å². The molecule has 1 heterocycles. The van der Waals surface area contributed by atoms with Gasteiger partial charge in [0.2, 0.25) is 0 Å². The fraction of sp³-hybridized carbons (Fsp3) is 0.533. The number of rotatable bonds is 4. The van der Waals surface area contributed by atoms with E-state index in [2.05, 4.69) is 6.07 Å². The maximum atomic E-state index is 10.8. The average Bonchev–Trinajstić information content (AvgIpc) is 2.49. The Hall–Kier alpha value is -1.77. The van der Waals surface area contributed by atoms with Crippen LogP contribution in [-0.4, -0.2) is 43.9 Å². The van der Waals surface area contributed by atoms with Gasteiger partial charge in [-0.2, -0.15) is 5.26 Å². The SMILES string of the molecule is COc1cc(OC)cc(C2(O)CCN(CC#N)CC2)c1. The number of nitrogens with zero attached hydrogens (tertiary/aromatic N) is 2. The number of hydrogen-bond acceptors (Lipinski definition) is 5. The van der Waals surface area contributed by atoms with Crippen LogP contribution in [0.5, 0.6) is 11.5 Å². The van der Waals surface area contributed by atoms with Gasteiger partial charge in [-0.3, -0.25) is 4.90 Å². The summed E-state index contributed by atoms with van der Waals surface area (Å²) >= 11 is 0. The van der Waals surface area contributed by atoms with Crippen LogP contribution >= 0.6 is 0 Å². The van der Waals surface area contributed by atoms with Gasteiger partial charge in [0.25, 0.3) is 0 Å². The molecule has 108 valence electrons. The molecule has 0 unspecified atom stereocenters. The summed E-state index contributed by atoms with van der Waals surface area (Å²) in [5, 5.41) is 19.6. The summed E-state index contributed by atoms with van der Waals surface area (Å²) in [6.07, 6.45) is 1.20. The smallest absolute Gasteiger partial charge is 0.122 e. The lowest BCUT2D eigenvalue weighted by Crippen LogP contribution is -2.42. The molecule has 1 aliphatic rings. The molecule has 5 nitrogen and oxygen atoms in total. The summed E-state index contributed by atoms with van der Waals surface area (Å²) in [5.41, 5.74) is -0.0707. The van der Waals surface area contributed by atoms with Crippen LogP contribution in [0.15, 0.2) is 18.2 Å². The predicted molar refractivity (Wildman–Crippen MR) is 74.7 cm³/mol. The van der Waals surface area contributed by atoms with E-state index >= 15 is 0 Å². The molecule has 0 radical (unpaired) electrons. The van der Waals surface area contributed by atoms with Gasteiger partial charge in [0, 0.05) is 19.2 Å². The standard InChI is InChI=1S/C15H20N2O3/c1-19-13-9-12(10-14(11-13)20-2)15(18)3-6-17(7-4-15)8-5-16/h9-11,18H,3-4,6-8H2,1-2H3. The Morgan fingerprint density at radius 1 is 1.20 bits per heavy atom. The topological polar surface area (TPSA) is 65.7 Å². The number of nitriles is 1. The Balaban J connectivity index is 2.20. The normalized spacial score (nSPS) is 18.3. The zero-order valence-corrected chi connectivity index (χ0v) is 11.9. The molecule has 1 aliphatic heterocycles. The molecule has 0 aliphatic carbocycles. The summed E-state index contributed by atoms with van der Waals surface area (Å²) in [6.45, 7) is 1.84. The van der Waals surface area contributed by atoms with E-state index in [-0.39, 0.29) is 0 Å². The van der Waals surface area contributed by atoms with Crippen LogP contribution in [0, 0.1) is 11.3 Å². The molecule has 1 fully saturated rings. The second kappa shape index (κ2) is 6.12. The van der Waals surface area contributed by atoms with Crippen LogP contribution in [-0.2, 0) is 5.60 Å². The van der Waals surface area contributed by atoms with Crippen LogP contribution in [0.3, 0.4) is 0 Å². The lowest BCUT2D eigenvalue weighted by molar-refractivity contribution is -0.0233. The van der Waals surface area contributed by atoms with Crippen molar-refractivity contribution in [2.45, 2.75) is 18.4 Å². The molecule has 1 aromatic rings. The molecule has 0 bridgehead atoms. The number of aliphatic hydroxyl groups is 1. The monoisotopic (exact) mass is 276 g/mol. The number of benzene rings is 1. The quantitative estimate of drug-likeness (QED) is 0.844. The van der Waals surface area contributed by atoms with Crippen molar-refractivity contribution in [3.8, 4) is 17.6 Å². The molecular weight excluding hydrogens is 256 g/mol. The van der Waals surface area contributed by atoms with E-state index in [0.717, 1.165) is 5.56 Å². The molecule has 1 saturated heterocycles. The Kier molecular flexibility index (Phi) is 4.48. The minimum absolute atomic E-state index is 0.414. The first-order valence-electron chi connectivity index (χ1n) is 6.66. The highest BCUT2D eigenvalue weighted by Crippen LogP contribution is 2.36. The minimum Gasteiger partial charge on any atom is -0.497 e. The molecular formula is C15H20N2O3. The second-order valence-electron chi connectivity index (χ2n) is 5.07. The molecule has 2 rings (SSSR count). The number of hydrogen-bond donors (Lipinski definition) is 1. The van der Waals surface area contributed by atoms with Gasteiger partial charge in [-0.05, 0) is 30.5 Å². The summed E-state index contributed by atoms with van der Waals surface area (Å²) in [7, 11) is 3.19. The van der Waals surface area contributed by atoms with E-state index in [0.29, 0.717) is 44.0 Å². The van der Waals surface area contributed by atoms with Crippen LogP contribution in [0.25, 0.3) is 0 Å². The molecule has 1 N–H and O–H groups in total. The highest BCUT2D eigenvalue weighted by atomic mass is 16.5. The van der Waals surface area contributed by atoms with E-state index in [1.54, 1.807) is 20.3 Å². The van der Waals surface area contributed by atoms with Gasteiger partial charge < -0.3 is 14.6 Å². The van der Waals surface area contributed by atoms with Crippen LogP contribution in [0.1, 0.15) is 18.4 Å². The van der Waals surface area contributed by atoms with Crippen molar-refractivity contribution in [3.05, 3.63) is 23.8 Å². The first-order chi connectivity index (χ1) is 9.61. The molecule has 0 atom stereocenters. The highest BCUT2D eigenvalue weighted by Gasteiger charge is 2.34. The molecule has 20 heavy (non-hydrogen) atoms. The van der Waals surface area contributed by atoms with Crippen LogP contribution in [0.2, 0.25) is 0 Å². The molecule has 0 aromatic heterocycles. The third-order valence-electron chi connectivity index (χ3n) is 3.87. The lowest BCUT2D eigenvalue weighted by atomic mass is 9.84. The Labute approximate surface area is 119 Å². The second-order valence-corrected chi connectivity index (χ2v) is 5.07. The van der Waals surface area contributed by atoms with Crippen molar-refractivity contribution in [2.24, 2.45) is 0 Å². The lowest BCUT2D eigenvalue weighted by Gasteiger charge is -2.37. The number of likely N-dealkylation sites (tertiary alicyclic amines) is 1. The number of piperidine rings is 1. The summed E-state index contributed by atoms with van der Waals surface area (Å²) in [4.78, 5) is 2.05. The molecule has 1 aromatic carbocycles. The average molecular weight is 276 g/mol.